The quantitative estimate of drug-likeness (QED) is 0.726. The number of nitrogens with zero attached hydrogens (tertiary/aromatic N) is 1. The summed E-state index contributed by atoms with van der Waals surface area (Å²) < 4.78 is 10.3. The van der Waals surface area contributed by atoms with Gasteiger partial charge in [-0.2, -0.15) is 0 Å². The molecule has 0 spiro atoms. The van der Waals surface area contributed by atoms with Crippen molar-refractivity contribution in [1.29, 1.82) is 0 Å². The zero-order valence-electron chi connectivity index (χ0n) is 17.3. The lowest BCUT2D eigenvalue weighted by Crippen LogP contribution is -2.39. The van der Waals surface area contributed by atoms with E-state index in [4.69, 9.17) is 9.47 Å². The van der Waals surface area contributed by atoms with Gasteiger partial charge in [0.1, 0.15) is 12.4 Å². The van der Waals surface area contributed by atoms with E-state index in [1.807, 2.05) is 43.3 Å². The largest absolute Gasteiger partial charge is 0.497 e. The Kier molecular flexibility index (Phi) is 7.30. The normalized spacial score (nSPS) is 16.8. The monoisotopic (exact) mass is 412 g/mol. The van der Waals surface area contributed by atoms with Crippen LogP contribution in [0.1, 0.15) is 36.8 Å². The lowest BCUT2D eigenvalue weighted by molar-refractivity contribution is -0.134. The molecule has 2 aromatic carbocycles. The van der Waals surface area contributed by atoms with Crippen molar-refractivity contribution >= 4 is 17.7 Å². The molecule has 160 valence electrons. The highest BCUT2D eigenvalue weighted by Crippen LogP contribution is 2.25. The maximum Gasteiger partial charge on any atom is 0.411 e. The summed E-state index contributed by atoms with van der Waals surface area (Å²) in [7, 11) is 1.60. The summed E-state index contributed by atoms with van der Waals surface area (Å²) in [5, 5.41) is 12.1. The molecule has 3 rings (SSSR count). The number of carbonyl (C=O) groups excluding carboxylic acids is 2. The van der Waals surface area contributed by atoms with Crippen molar-refractivity contribution in [1.82, 2.24) is 4.90 Å². The van der Waals surface area contributed by atoms with Gasteiger partial charge in [-0.3, -0.25) is 10.1 Å². The summed E-state index contributed by atoms with van der Waals surface area (Å²) in [5.74, 6) is 0.451. The Morgan fingerprint density at radius 3 is 2.50 bits per heavy atom. The molecule has 2 N–H and O–H groups in total. The van der Waals surface area contributed by atoms with Crippen LogP contribution in [0.3, 0.4) is 0 Å². The zero-order valence-corrected chi connectivity index (χ0v) is 17.3. The van der Waals surface area contributed by atoms with E-state index in [0.717, 1.165) is 29.7 Å². The summed E-state index contributed by atoms with van der Waals surface area (Å²) in [6.45, 7) is 2.70. The fourth-order valence-electron chi connectivity index (χ4n) is 3.59. The number of nitrogens with one attached hydrogen (secondary N) is 1. The van der Waals surface area contributed by atoms with Gasteiger partial charge in [0, 0.05) is 12.2 Å². The molecule has 0 aromatic heterocycles. The Morgan fingerprint density at radius 1 is 1.17 bits per heavy atom. The maximum absolute atomic E-state index is 12.8. The van der Waals surface area contributed by atoms with Gasteiger partial charge in [0.2, 0.25) is 5.91 Å². The second kappa shape index (κ2) is 10.1. The number of aliphatic hydroxyl groups is 1. The predicted octanol–water partition coefficient (Wildman–Crippen LogP) is 3.53. The summed E-state index contributed by atoms with van der Waals surface area (Å²) in [6, 6.07) is 14.4. The molecule has 2 amide bonds. The third-order valence-electron chi connectivity index (χ3n) is 5.43. The van der Waals surface area contributed by atoms with Crippen LogP contribution in [0, 0.1) is 0 Å². The summed E-state index contributed by atoms with van der Waals surface area (Å²) in [4.78, 5) is 26.6. The molecule has 7 heteroatoms. The Labute approximate surface area is 176 Å². The van der Waals surface area contributed by atoms with E-state index in [1.165, 1.54) is 0 Å². The van der Waals surface area contributed by atoms with Gasteiger partial charge >= 0.3 is 6.09 Å². The highest BCUT2D eigenvalue weighted by atomic mass is 16.5. The van der Waals surface area contributed by atoms with Crippen molar-refractivity contribution in [3.8, 4) is 5.75 Å². The first-order valence-electron chi connectivity index (χ1n) is 10.1. The summed E-state index contributed by atoms with van der Waals surface area (Å²) >= 11 is 0. The van der Waals surface area contributed by atoms with Crippen LogP contribution in [0.15, 0.2) is 48.5 Å². The Bertz CT molecular complexity index is 851. The minimum Gasteiger partial charge on any atom is -0.497 e. The van der Waals surface area contributed by atoms with Gasteiger partial charge in [-0.25, -0.2) is 4.79 Å². The minimum absolute atomic E-state index is 0.0000445. The summed E-state index contributed by atoms with van der Waals surface area (Å²) in [5.41, 5.74) is 2.31. The van der Waals surface area contributed by atoms with Crippen LogP contribution in [0.4, 0.5) is 10.5 Å². The number of hydrogen-bond acceptors (Lipinski definition) is 5. The van der Waals surface area contributed by atoms with Crippen LogP contribution in [0.5, 0.6) is 5.75 Å². The lowest BCUT2D eigenvalue weighted by Gasteiger charge is -2.26. The molecule has 1 saturated heterocycles. The van der Waals surface area contributed by atoms with E-state index >= 15 is 0 Å². The third kappa shape index (κ3) is 5.30. The van der Waals surface area contributed by atoms with Gasteiger partial charge in [0.25, 0.3) is 0 Å². The van der Waals surface area contributed by atoms with Gasteiger partial charge in [-0.05, 0) is 55.2 Å². The van der Waals surface area contributed by atoms with Gasteiger partial charge in [0.05, 0.1) is 25.7 Å². The number of aliphatic hydroxyl groups excluding tert-OH is 1. The Hall–Kier alpha value is -3.06. The van der Waals surface area contributed by atoms with E-state index in [9.17, 15) is 14.7 Å². The SMILES string of the molecule is COc1ccc(COC(=O)Nc2ccc([C@H](C)C(=O)N3CCC[C@H]3CO)cc2)cc1. The first-order chi connectivity index (χ1) is 14.5. The zero-order chi connectivity index (χ0) is 21.5. The average Bonchev–Trinajstić information content (AvgIpc) is 3.26. The molecule has 7 nitrogen and oxygen atoms in total. The maximum atomic E-state index is 12.8. The van der Waals surface area contributed by atoms with Crippen molar-refractivity contribution in [2.75, 3.05) is 25.6 Å². The van der Waals surface area contributed by atoms with Crippen LogP contribution in [-0.2, 0) is 16.1 Å². The number of ether oxygens (including phenoxy) is 2. The lowest BCUT2D eigenvalue weighted by atomic mass is 9.99. The van der Waals surface area contributed by atoms with Crippen LogP contribution >= 0.6 is 0 Å². The molecule has 1 aliphatic heterocycles. The van der Waals surface area contributed by atoms with Gasteiger partial charge in [-0.15, -0.1) is 0 Å². The fraction of sp³-hybridized carbons (Fsp3) is 0.391. The molecule has 2 aromatic rings. The van der Waals surface area contributed by atoms with Crippen LogP contribution in [-0.4, -0.2) is 48.3 Å². The molecule has 2 atom stereocenters. The highest BCUT2D eigenvalue weighted by molar-refractivity contribution is 5.86. The number of amides is 2. The molecule has 0 saturated carbocycles. The third-order valence-corrected chi connectivity index (χ3v) is 5.43. The van der Waals surface area contributed by atoms with E-state index in [-0.39, 0.29) is 31.1 Å². The van der Waals surface area contributed by atoms with Crippen molar-refractivity contribution in [2.24, 2.45) is 0 Å². The van der Waals surface area contributed by atoms with E-state index < -0.39 is 6.09 Å². The smallest absolute Gasteiger partial charge is 0.411 e. The fourth-order valence-corrected chi connectivity index (χ4v) is 3.59. The highest BCUT2D eigenvalue weighted by Gasteiger charge is 2.31. The van der Waals surface area contributed by atoms with Crippen molar-refractivity contribution in [3.63, 3.8) is 0 Å². The number of carbonyl (C=O) groups is 2. The number of rotatable bonds is 7. The van der Waals surface area contributed by atoms with Crippen molar-refractivity contribution < 1.29 is 24.2 Å². The molecule has 1 heterocycles. The first kappa shape index (κ1) is 21.6. The molecule has 30 heavy (non-hydrogen) atoms. The van der Waals surface area contributed by atoms with Gasteiger partial charge < -0.3 is 19.5 Å². The number of methoxy groups -OCH3 is 1. The number of hydrogen-bond donors (Lipinski definition) is 2. The average molecular weight is 412 g/mol. The second-order valence-corrected chi connectivity index (χ2v) is 7.40. The molecule has 0 bridgehead atoms. The predicted molar refractivity (Wildman–Crippen MR) is 113 cm³/mol. The van der Waals surface area contributed by atoms with Gasteiger partial charge in [-0.1, -0.05) is 24.3 Å². The molecule has 0 unspecified atom stereocenters. The molecular formula is C23H28N2O5. The first-order valence-corrected chi connectivity index (χ1v) is 10.1. The molecule has 1 aliphatic rings. The van der Waals surface area contributed by atoms with Gasteiger partial charge in [0.15, 0.2) is 0 Å². The van der Waals surface area contributed by atoms with Crippen LogP contribution in [0.25, 0.3) is 0 Å². The minimum atomic E-state index is -0.550. The molecule has 0 aliphatic carbocycles. The summed E-state index contributed by atoms with van der Waals surface area (Å²) in [6.07, 6.45) is 1.22. The van der Waals surface area contributed by atoms with E-state index in [1.54, 1.807) is 24.1 Å². The number of likely N-dealkylation sites (tertiary alicyclic amines) is 1. The molecule has 1 fully saturated rings. The van der Waals surface area contributed by atoms with Crippen LogP contribution in [0.2, 0.25) is 0 Å². The van der Waals surface area contributed by atoms with E-state index in [0.29, 0.717) is 12.2 Å². The molecule has 0 radical (unpaired) electrons. The number of anilines is 1. The molecular weight excluding hydrogens is 384 g/mol. The topological polar surface area (TPSA) is 88.1 Å². The standard InChI is InChI=1S/C23H28N2O5/c1-16(22(27)25-13-3-4-20(25)14-26)18-7-9-19(10-8-18)24-23(28)30-15-17-5-11-21(29-2)12-6-17/h5-12,16,20,26H,3-4,13-15H2,1-2H3,(H,24,28)/t16-,20-/m0/s1. The number of benzene rings is 2. The van der Waals surface area contributed by atoms with Crippen molar-refractivity contribution in [2.45, 2.75) is 38.3 Å². The Morgan fingerprint density at radius 2 is 1.87 bits per heavy atom. The van der Waals surface area contributed by atoms with E-state index in [2.05, 4.69) is 5.32 Å². The Balaban J connectivity index is 1.51. The second-order valence-electron chi connectivity index (χ2n) is 7.40. The van der Waals surface area contributed by atoms with Crippen molar-refractivity contribution in [3.05, 3.63) is 59.7 Å². The van der Waals surface area contributed by atoms with Crippen LogP contribution < -0.4 is 10.1 Å².